The SMILES string of the molecule is CNc1ccc(S(C)(=O)=O)cc1-n1cnc(-c2ccc(C(F)(F)F)cc2)c1. The van der Waals surface area contributed by atoms with Crippen LogP contribution >= 0.6 is 0 Å². The number of nitrogens with zero attached hydrogens (tertiary/aromatic N) is 2. The van der Waals surface area contributed by atoms with E-state index in [4.69, 9.17) is 0 Å². The molecule has 0 aliphatic heterocycles. The van der Waals surface area contributed by atoms with Crippen LogP contribution in [0.25, 0.3) is 16.9 Å². The summed E-state index contributed by atoms with van der Waals surface area (Å²) in [6.45, 7) is 0. The zero-order chi connectivity index (χ0) is 19.8. The third-order valence-corrected chi connectivity index (χ3v) is 5.15. The lowest BCUT2D eigenvalue weighted by atomic mass is 10.1. The van der Waals surface area contributed by atoms with Crippen LogP contribution in [0, 0.1) is 0 Å². The average molecular weight is 395 g/mol. The highest BCUT2D eigenvalue weighted by Gasteiger charge is 2.30. The molecule has 0 aliphatic rings. The van der Waals surface area contributed by atoms with Crippen LogP contribution in [0.5, 0.6) is 0 Å². The molecule has 0 atom stereocenters. The number of benzene rings is 2. The van der Waals surface area contributed by atoms with Gasteiger partial charge in [-0.3, -0.25) is 0 Å². The van der Waals surface area contributed by atoms with Crippen LogP contribution < -0.4 is 5.32 Å². The van der Waals surface area contributed by atoms with Crippen molar-refractivity contribution < 1.29 is 21.6 Å². The number of sulfone groups is 1. The number of hydrogen-bond acceptors (Lipinski definition) is 4. The normalized spacial score (nSPS) is 12.2. The monoisotopic (exact) mass is 395 g/mol. The summed E-state index contributed by atoms with van der Waals surface area (Å²) >= 11 is 0. The molecule has 0 saturated carbocycles. The van der Waals surface area contributed by atoms with Crippen molar-refractivity contribution in [3.05, 3.63) is 60.6 Å². The van der Waals surface area contributed by atoms with Gasteiger partial charge >= 0.3 is 6.18 Å². The van der Waals surface area contributed by atoms with E-state index in [9.17, 15) is 21.6 Å². The number of nitrogens with one attached hydrogen (secondary N) is 1. The lowest BCUT2D eigenvalue weighted by Crippen LogP contribution is -2.04. The van der Waals surface area contributed by atoms with Crippen molar-refractivity contribution >= 4 is 15.5 Å². The standard InChI is InChI=1S/C18H16F3N3O2S/c1-22-15-8-7-14(27(2,25)26)9-17(15)24-10-16(23-11-24)12-3-5-13(6-4-12)18(19,20)21/h3-11,22H,1-2H3. The second kappa shape index (κ2) is 6.73. The van der Waals surface area contributed by atoms with E-state index < -0.39 is 21.6 Å². The number of imidazole rings is 1. The van der Waals surface area contributed by atoms with Gasteiger partial charge in [-0.1, -0.05) is 12.1 Å². The van der Waals surface area contributed by atoms with Gasteiger partial charge in [0.15, 0.2) is 9.84 Å². The minimum Gasteiger partial charge on any atom is -0.386 e. The van der Waals surface area contributed by atoms with E-state index in [0.29, 0.717) is 22.6 Å². The second-order valence-corrected chi connectivity index (χ2v) is 7.96. The fourth-order valence-corrected chi connectivity index (χ4v) is 3.24. The molecule has 142 valence electrons. The summed E-state index contributed by atoms with van der Waals surface area (Å²) in [5.41, 5.74) is 1.50. The number of halogens is 3. The Morgan fingerprint density at radius 3 is 2.30 bits per heavy atom. The molecule has 5 nitrogen and oxygen atoms in total. The zero-order valence-electron chi connectivity index (χ0n) is 14.4. The van der Waals surface area contributed by atoms with Crippen LogP contribution in [-0.4, -0.2) is 31.3 Å². The van der Waals surface area contributed by atoms with Crippen molar-refractivity contribution in [3.8, 4) is 16.9 Å². The van der Waals surface area contributed by atoms with Crippen molar-refractivity contribution in [1.82, 2.24) is 9.55 Å². The zero-order valence-corrected chi connectivity index (χ0v) is 15.3. The van der Waals surface area contributed by atoms with Gasteiger partial charge in [0, 0.05) is 25.1 Å². The number of anilines is 1. The number of aromatic nitrogens is 2. The molecule has 1 aromatic heterocycles. The summed E-state index contributed by atoms with van der Waals surface area (Å²) in [4.78, 5) is 4.38. The Morgan fingerprint density at radius 1 is 1.07 bits per heavy atom. The lowest BCUT2D eigenvalue weighted by Gasteiger charge is -2.11. The highest BCUT2D eigenvalue weighted by Crippen LogP contribution is 2.31. The fraction of sp³-hybridized carbons (Fsp3) is 0.167. The van der Waals surface area contributed by atoms with E-state index in [2.05, 4.69) is 10.3 Å². The molecule has 0 saturated heterocycles. The first-order valence-corrected chi connectivity index (χ1v) is 9.72. The minimum atomic E-state index is -4.40. The molecule has 1 heterocycles. The average Bonchev–Trinajstić information content (AvgIpc) is 3.09. The molecule has 0 aliphatic carbocycles. The Labute approximate surface area is 154 Å². The van der Waals surface area contributed by atoms with Crippen molar-refractivity contribution in [3.63, 3.8) is 0 Å². The molecule has 0 unspecified atom stereocenters. The quantitative estimate of drug-likeness (QED) is 0.725. The van der Waals surface area contributed by atoms with Crippen molar-refractivity contribution in [1.29, 1.82) is 0 Å². The summed E-state index contributed by atoms with van der Waals surface area (Å²) in [6, 6.07) is 9.35. The predicted octanol–water partition coefficient (Wildman–Crippen LogP) is 4.00. The maximum atomic E-state index is 12.7. The van der Waals surface area contributed by atoms with E-state index in [1.165, 1.54) is 30.6 Å². The number of hydrogen-bond donors (Lipinski definition) is 1. The van der Waals surface area contributed by atoms with E-state index in [1.54, 1.807) is 23.9 Å². The van der Waals surface area contributed by atoms with Gasteiger partial charge in [0.2, 0.25) is 0 Å². The van der Waals surface area contributed by atoms with Gasteiger partial charge in [-0.05, 0) is 30.3 Å². The van der Waals surface area contributed by atoms with Gasteiger partial charge in [0.05, 0.1) is 33.9 Å². The first kappa shape index (κ1) is 19.0. The van der Waals surface area contributed by atoms with Crippen LogP contribution in [0.3, 0.4) is 0 Å². The van der Waals surface area contributed by atoms with Crippen LogP contribution in [-0.2, 0) is 16.0 Å². The van der Waals surface area contributed by atoms with Crippen molar-refractivity contribution in [2.45, 2.75) is 11.1 Å². The highest BCUT2D eigenvalue weighted by molar-refractivity contribution is 7.90. The summed E-state index contributed by atoms with van der Waals surface area (Å²) in [5.74, 6) is 0. The highest BCUT2D eigenvalue weighted by atomic mass is 32.2. The van der Waals surface area contributed by atoms with Crippen LogP contribution in [0.4, 0.5) is 18.9 Å². The van der Waals surface area contributed by atoms with Gasteiger partial charge in [-0.2, -0.15) is 13.2 Å². The molecule has 0 amide bonds. The summed E-state index contributed by atoms with van der Waals surface area (Å²) in [6.07, 6.45) is -0.168. The second-order valence-electron chi connectivity index (χ2n) is 5.94. The van der Waals surface area contributed by atoms with E-state index in [1.807, 2.05) is 0 Å². The van der Waals surface area contributed by atoms with Gasteiger partial charge < -0.3 is 9.88 Å². The Balaban J connectivity index is 2.01. The Bertz CT molecular complexity index is 1070. The maximum absolute atomic E-state index is 12.7. The Hall–Kier alpha value is -2.81. The third kappa shape index (κ3) is 3.97. The van der Waals surface area contributed by atoms with Crippen molar-refractivity contribution in [2.75, 3.05) is 18.6 Å². The number of alkyl halides is 3. The largest absolute Gasteiger partial charge is 0.416 e. The third-order valence-electron chi connectivity index (χ3n) is 4.04. The van der Waals surface area contributed by atoms with E-state index in [0.717, 1.165) is 18.4 Å². The molecular weight excluding hydrogens is 379 g/mol. The molecule has 3 rings (SSSR count). The van der Waals surface area contributed by atoms with Gasteiger partial charge in [-0.25, -0.2) is 13.4 Å². The first-order valence-electron chi connectivity index (χ1n) is 7.83. The van der Waals surface area contributed by atoms with Crippen LogP contribution in [0.15, 0.2) is 59.9 Å². The van der Waals surface area contributed by atoms with Crippen LogP contribution in [0.2, 0.25) is 0 Å². The summed E-state index contributed by atoms with van der Waals surface area (Å²) < 4.78 is 63.3. The topological polar surface area (TPSA) is 64.0 Å². The molecule has 9 heteroatoms. The predicted molar refractivity (Wildman–Crippen MR) is 96.7 cm³/mol. The van der Waals surface area contributed by atoms with E-state index in [-0.39, 0.29) is 4.90 Å². The first-order chi connectivity index (χ1) is 12.6. The number of rotatable bonds is 4. The Kier molecular flexibility index (Phi) is 4.73. The Morgan fingerprint density at radius 2 is 1.74 bits per heavy atom. The molecule has 3 aromatic rings. The maximum Gasteiger partial charge on any atom is 0.416 e. The summed E-state index contributed by atoms with van der Waals surface area (Å²) in [5, 5.41) is 2.98. The molecule has 27 heavy (non-hydrogen) atoms. The fourth-order valence-electron chi connectivity index (χ4n) is 2.60. The van der Waals surface area contributed by atoms with Gasteiger partial charge in [-0.15, -0.1) is 0 Å². The molecule has 2 aromatic carbocycles. The van der Waals surface area contributed by atoms with Gasteiger partial charge in [0.25, 0.3) is 0 Å². The van der Waals surface area contributed by atoms with E-state index >= 15 is 0 Å². The molecule has 1 N–H and O–H groups in total. The molecule has 0 fully saturated rings. The smallest absolute Gasteiger partial charge is 0.386 e. The minimum absolute atomic E-state index is 0.154. The molecule has 0 radical (unpaired) electrons. The molecular formula is C18H16F3N3O2S. The summed E-state index contributed by atoms with van der Waals surface area (Å²) in [7, 11) is -1.69. The molecule has 0 bridgehead atoms. The van der Waals surface area contributed by atoms with Crippen LogP contribution in [0.1, 0.15) is 5.56 Å². The lowest BCUT2D eigenvalue weighted by molar-refractivity contribution is -0.137. The molecule has 0 spiro atoms. The van der Waals surface area contributed by atoms with Gasteiger partial charge in [0.1, 0.15) is 0 Å². The van der Waals surface area contributed by atoms with Crippen molar-refractivity contribution in [2.24, 2.45) is 0 Å².